The Kier molecular flexibility index (Phi) is 5.51. The van der Waals surface area contributed by atoms with E-state index in [1.807, 2.05) is 37.3 Å². The molecule has 1 N–H and O–H groups in total. The summed E-state index contributed by atoms with van der Waals surface area (Å²) in [6.45, 7) is 2.98. The lowest BCUT2D eigenvalue weighted by atomic mass is 10.1. The summed E-state index contributed by atoms with van der Waals surface area (Å²) in [5.41, 5.74) is 1.31. The first-order chi connectivity index (χ1) is 12.5. The molecule has 1 aromatic carbocycles. The lowest BCUT2D eigenvalue weighted by Crippen LogP contribution is -2.40. The molecule has 3 rings (SSSR count). The van der Waals surface area contributed by atoms with Crippen molar-refractivity contribution in [3.05, 3.63) is 53.9 Å². The molecular formula is C18H22N4O3S. The maximum absolute atomic E-state index is 13.0. The summed E-state index contributed by atoms with van der Waals surface area (Å²) in [4.78, 5) is 23.0. The normalized spacial score (nSPS) is 18.4. The molecule has 7 nitrogen and oxygen atoms in total. The number of hydrogen-bond acceptors (Lipinski definition) is 6. The first kappa shape index (κ1) is 18.3. The summed E-state index contributed by atoms with van der Waals surface area (Å²) >= 11 is 0. The molecule has 0 unspecified atom stereocenters. The van der Waals surface area contributed by atoms with Crippen LogP contribution in [0.25, 0.3) is 0 Å². The summed E-state index contributed by atoms with van der Waals surface area (Å²) in [7, 11) is -3.10. The van der Waals surface area contributed by atoms with Gasteiger partial charge < -0.3 is 10.2 Å². The summed E-state index contributed by atoms with van der Waals surface area (Å²) in [5, 5.41) is 2.98. The van der Waals surface area contributed by atoms with Gasteiger partial charge in [0.25, 0.3) is 5.91 Å². The van der Waals surface area contributed by atoms with Gasteiger partial charge in [-0.25, -0.2) is 18.4 Å². The van der Waals surface area contributed by atoms with Crippen molar-refractivity contribution in [3.63, 3.8) is 0 Å². The van der Waals surface area contributed by atoms with Crippen LogP contribution >= 0.6 is 0 Å². The highest BCUT2D eigenvalue weighted by Gasteiger charge is 2.35. The van der Waals surface area contributed by atoms with Crippen molar-refractivity contribution in [2.75, 3.05) is 23.4 Å². The van der Waals surface area contributed by atoms with Crippen molar-refractivity contribution < 1.29 is 13.2 Å². The van der Waals surface area contributed by atoms with Crippen molar-refractivity contribution >= 4 is 21.7 Å². The Bertz CT molecular complexity index is 854. The van der Waals surface area contributed by atoms with Crippen LogP contribution in [0.3, 0.4) is 0 Å². The highest BCUT2D eigenvalue weighted by Crippen LogP contribution is 2.22. The van der Waals surface area contributed by atoms with Crippen LogP contribution in [0, 0.1) is 0 Å². The van der Waals surface area contributed by atoms with Crippen molar-refractivity contribution in [2.24, 2.45) is 0 Å². The number of sulfone groups is 1. The fraction of sp³-hybridized carbons (Fsp3) is 0.389. The van der Waals surface area contributed by atoms with Gasteiger partial charge in [-0.1, -0.05) is 30.3 Å². The van der Waals surface area contributed by atoms with Gasteiger partial charge >= 0.3 is 0 Å². The first-order valence-corrected chi connectivity index (χ1v) is 10.4. The van der Waals surface area contributed by atoms with Crippen LogP contribution < -0.4 is 5.32 Å². The van der Waals surface area contributed by atoms with E-state index < -0.39 is 9.84 Å². The zero-order valence-corrected chi connectivity index (χ0v) is 15.4. The second-order valence-corrected chi connectivity index (χ2v) is 8.53. The van der Waals surface area contributed by atoms with Crippen LogP contribution in [0.2, 0.25) is 0 Å². The Labute approximate surface area is 153 Å². The number of rotatable bonds is 6. The van der Waals surface area contributed by atoms with Gasteiger partial charge in [0.05, 0.1) is 17.1 Å². The van der Waals surface area contributed by atoms with Crippen LogP contribution in [0.1, 0.15) is 29.3 Å². The monoisotopic (exact) mass is 374 g/mol. The molecule has 2 aromatic rings. The molecule has 0 spiro atoms. The van der Waals surface area contributed by atoms with Crippen LogP contribution in [0.4, 0.5) is 5.95 Å². The number of carbonyl (C=O) groups is 1. The molecule has 1 aromatic heterocycles. The summed E-state index contributed by atoms with van der Waals surface area (Å²) in [6, 6.07) is 9.22. The van der Waals surface area contributed by atoms with E-state index in [2.05, 4.69) is 15.3 Å². The predicted octanol–water partition coefficient (Wildman–Crippen LogP) is 1.74. The Hall–Kier alpha value is -2.48. The van der Waals surface area contributed by atoms with Gasteiger partial charge in [-0.3, -0.25) is 4.79 Å². The Morgan fingerprint density at radius 1 is 1.23 bits per heavy atom. The predicted molar refractivity (Wildman–Crippen MR) is 99.6 cm³/mol. The fourth-order valence-corrected chi connectivity index (χ4v) is 4.75. The van der Waals surface area contributed by atoms with Crippen molar-refractivity contribution in [1.82, 2.24) is 14.9 Å². The zero-order chi connectivity index (χ0) is 18.6. The van der Waals surface area contributed by atoms with Gasteiger partial charge in [0.15, 0.2) is 9.84 Å². The molecule has 1 fully saturated rings. The van der Waals surface area contributed by atoms with Crippen LogP contribution in [-0.2, 0) is 16.4 Å². The van der Waals surface area contributed by atoms with Gasteiger partial charge in [0.2, 0.25) is 5.95 Å². The molecule has 8 heteroatoms. The largest absolute Gasteiger partial charge is 0.355 e. The van der Waals surface area contributed by atoms with E-state index in [0.29, 0.717) is 31.0 Å². The molecule has 2 heterocycles. The average Bonchev–Trinajstić information content (AvgIpc) is 3.00. The highest BCUT2D eigenvalue weighted by atomic mass is 32.2. The molecule has 1 aliphatic rings. The van der Waals surface area contributed by atoms with E-state index in [9.17, 15) is 13.2 Å². The third-order valence-electron chi connectivity index (χ3n) is 4.34. The van der Waals surface area contributed by atoms with E-state index in [1.54, 1.807) is 4.90 Å². The molecule has 0 bridgehead atoms. The Morgan fingerprint density at radius 2 is 1.92 bits per heavy atom. The quantitative estimate of drug-likeness (QED) is 0.828. The van der Waals surface area contributed by atoms with Crippen LogP contribution in [0.5, 0.6) is 0 Å². The number of benzene rings is 1. The minimum atomic E-state index is -3.10. The van der Waals surface area contributed by atoms with Gasteiger partial charge in [0, 0.05) is 31.5 Å². The minimum absolute atomic E-state index is 0.00189. The Balaban J connectivity index is 1.85. The molecule has 0 radical (unpaired) electrons. The molecule has 1 saturated heterocycles. The smallest absolute Gasteiger partial charge is 0.257 e. The van der Waals surface area contributed by atoms with Gasteiger partial charge in [-0.05, 0) is 18.9 Å². The molecule has 1 atom stereocenters. The van der Waals surface area contributed by atoms with E-state index in [0.717, 1.165) is 5.56 Å². The van der Waals surface area contributed by atoms with Crippen molar-refractivity contribution in [3.8, 4) is 0 Å². The average molecular weight is 374 g/mol. The van der Waals surface area contributed by atoms with Crippen LogP contribution in [-0.4, -0.2) is 53.3 Å². The standard InChI is InChI=1S/C18H22N4O3S/c1-2-19-18-20-10-15(11-21-18)17(23)22(12-14-6-4-3-5-7-14)16-8-9-26(24,25)13-16/h3-7,10-11,16H,2,8-9,12-13H2,1H3,(H,19,20,21)/t16-/m1/s1. The summed E-state index contributed by atoms with van der Waals surface area (Å²) in [5.74, 6) is 0.328. The lowest BCUT2D eigenvalue weighted by molar-refractivity contribution is 0.0680. The number of hydrogen-bond donors (Lipinski definition) is 1. The number of amides is 1. The Morgan fingerprint density at radius 3 is 2.50 bits per heavy atom. The second-order valence-electron chi connectivity index (χ2n) is 6.30. The fourth-order valence-electron chi connectivity index (χ4n) is 3.02. The van der Waals surface area contributed by atoms with Crippen LogP contribution in [0.15, 0.2) is 42.7 Å². The topological polar surface area (TPSA) is 92.3 Å². The van der Waals surface area contributed by atoms with Crippen molar-refractivity contribution in [2.45, 2.75) is 25.9 Å². The number of anilines is 1. The molecule has 1 amide bonds. The maximum atomic E-state index is 13.0. The summed E-state index contributed by atoms with van der Waals surface area (Å²) < 4.78 is 23.8. The third-order valence-corrected chi connectivity index (χ3v) is 6.09. The molecule has 26 heavy (non-hydrogen) atoms. The van der Waals surface area contributed by atoms with Gasteiger partial charge in [-0.2, -0.15) is 0 Å². The third kappa shape index (κ3) is 4.37. The highest BCUT2D eigenvalue weighted by molar-refractivity contribution is 7.91. The molecule has 0 aliphatic carbocycles. The lowest BCUT2D eigenvalue weighted by Gasteiger charge is -2.28. The number of carbonyl (C=O) groups excluding carboxylic acids is 1. The number of nitrogens with one attached hydrogen (secondary N) is 1. The molecule has 138 valence electrons. The van der Waals surface area contributed by atoms with E-state index in [1.165, 1.54) is 12.4 Å². The van der Waals surface area contributed by atoms with Gasteiger partial charge in [0.1, 0.15) is 0 Å². The molecule has 1 aliphatic heterocycles. The number of aromatic nitrogens is 2. The van der Waals surface area contributed by atoms with E-state index >= 15 is 0 Å². The SMILES string of the molecule is CCNc1ncc(C(=O)N(Cc2ccccc2)[C@@H]2CCS(=O)(=O)C2)cn1. The molecular weight excluding hydrogens is 352 g/mol. The molecule has 0 saturated carbocycles. The van der Waals surface area contributed by atoms with E-state index in [-0.39, 0.29) is 23.5 Å². The van der Waals surface area contributed by atoms with Crippen molar-refractivity contribution in [1.29, 1.82) is 0 Å². The number of nitrogens with zero attached hydrogens (tertiary/aromatic N) is 3. The van der Waals surface area contributed by atoms with Gasteiger partial charge in [-0.15, -0.1) is 0 Å². The first-order valence-electron chi connectivity index (χ1n) is 8.60. The maximum Gasteiger partial charge on any atom is 0.257 e. The zero-order valence-electron chi connectivity index (χ0n) is 14.6. The van der Waals surface area contributed by atoms with E-state index in [4.69, 9.17) is 0 Å². The minimum Gasteiger partial charge on any atom is -0.355 e. The second kappa shape index (κ2) is 7.82. The summed E-state index contributed by atoms with van der Waals surface area (Å²) in [6.07, 6.45) is 3.42.